The number of benzene rings is 1. The molecule has 4 rings (SSSR count). The van der Waals surface area contributed by atoms with E-state index in [2.05, 4.69) is 9.82 Å². The van der Waals surface area contributed by atoms with Crippen molar-refractivity contribution in [1.82, 2.24) is 9.78 Å². The molecule has 1 N–H and O–H groups in total. The molecule has 1 aliphatic heterocycles. The summed E-state index contributed by atoms with van der Waals surface area (Å²) in [5, 5.41) is 4.38. The monoisotopic (exact) mass is 439 g/mol. The Labute approximate surface area is 167 Å². The predicted octanol–water partition coefficient (Wildman–Crippen LogP) is 2.75. The van der Waals surface area contributed by atoms with Crippen LogP contribution in [0.4, 0.5) is 10.2 Å². The predicted molar refractivity (Wildman–Crippen MR) is 104 cm³/mol. The first kappa shape index (κ1) is 19.6. The van der Waals surface area contributed by atoms with Gasteiger partial charge in [-0.1, -0.05) is 0 Å². The quantitative estimate of drug-likeness (QED) is 0.654. The molecular formula is C18H18FN3O5S2. The van der Waals surface area contributed by atoms with E-state index in [0.29, 0.717) is 17.9 Å². The second-order valence-corrected chi connectivity index (χ2v) is 10.8. The Kier molecular flexibility index (Phi) is 4.74. The Morgan fingerprint density at radius 3 is 2.69 bits per heavy atom. The molecule has 1 saturated heterocycles. The second-order valence-electron chi connectivity index (χ2n) is 6.91. The summed E-state index contributed by atoms with van der Waals surface area (Å²) < 4.78 is 72.1. The van der Waals surface area contributed by atoms with E-state index in [1.807, 2.05) is 0 Å². The fourth-order valence-corrected chi connectivity index (χ4v) is 6.06. The maximum atomic E-state index is 13.5. The third kappa shape index (κ3) is 3.92. The minimum atomic E-state index is -4.05. The summed E-state index contributed by atoms with van der Waals surface area (Å²) in [6, 6.07) is 7.79. The van der Waals surface area contributed by atoms with Gasteiger partial charge in [0.25, 0.3) is 10.0 Å². The molecule has 154 valence electrons. The van der Waals surface area contributed by atoms with Gasteiger partial charge < -0.3 is 4.42 Å². The molecule has 0 aliphatic carbocycles. The minimum absolute atomic E-state index is 0.0109. The molecule has 0 bridgehead atoms. The van der Waals surface area contributed by atoms with Crippen molar-refractivity contribution in [3.63, 3.8) is 0 Å². The molecule has 0 saturated carbocycles. The standard InChI is InChI=1S/C18H18FN3O5S2/c1-12-9-14(4-5-15(12)19)29(25,26)21-18-10-16(17-3-2-7-27-17)20-22(18)13-6-8-28(23,24)11-13/h2-5,7,9-10,13,21H,6,8,11H2,1H3/t13-/m1/s1. The number of sulfone groups is 1. The van der Waals surface area contributed by atoms with E-state index in [1.165, 1.54) is 36.1 Å². The maximum Gasteiger partial charge on any atom is 0.263 e. The molecule has 0 unspecified atom stereocenters. The SMILES string of the molecule is Cc1cc(S(=O)(=O)Nc2cc(-c3ccco3)nn2[C@@H]2CCS(=O)(=O)C2)ccc1F. The third-order valence-electron chi connectivity index (χ3n) is 4.74. The van der Waals surface area contributed by atoms with Crippen LogP contribution < -0.4 is 4.72 Å². The summed E-state index contributed by atoms with van der Waals surface area (Å²) in [5.41, 5.74) is 0.562. The Hall–Kier alpha value is -2.66. The fourth-order valence-electron chi connectivity index (χ4n) is 3.24. The molecule has 3 aromatic rings. The van der Waals surface area contributed by atoms with E-state index < -0.39 is 31.7 Å². The molecule has 0 amide bonds. The van der Waals surface area contributed by atoms with E-state index in [-0.39, 0.29) is 27.8 Å². The van der Waals surface area contributed by atoms with Gasteiger partial charge in [-0.2, -0.15) is 5.10 Å². The zero-order valence-corrected chi connectivity index (χ0v) is 17.0. The topological polar surface area (TPSA) is 111 Å². The largest absolute Gasteiger partial charge is 0.463 e. The van der Waals surface area contributed by atoms with Crippen molar-refractivity contribution in [3.05, 3.63) is 54.0 Å². The number of hydrogen-bond acceptors (Lipinski definition) is 6. The highest BCUT2D eigenvalue weighted by Crippen LogP contribution is 2.31. The number of aryl methyl sites for hydroxylation is 1. The van der Waals surface area contributed by atoms with Crippen LogP contribution in [0.1, 0.15) is 18.0 Å². The number of hydrogen-bond donors (Lipinski definition) is 1. The zero-order chi connectivity index (χ0) is 20.8. The van der Waals surface area contributed by atoms with E-state index in [0.717, 1.165) is 6.07 Å². The van der Waals surface area contributed by atoms with Crippen molar-refractivity contribution < 1.29 is 25.6 Å². The summed E-state index contributed by atoms with van der Waals surface area (Å²) in [6.07, 6.45) is 1.78. The molecule has 0 radical (unpaired) electrons. The average Bonchev–Trinajstić information content (AvgIpc) is 3.36. The smallest absolute Gasteiger partial charge is 0.263 e. The molecule has 1 aromatic carbocycles. The normalized spacial score (nSPS) is 18.8. The number of halogens is 1. The second kappa shape index (κ2) is 6.99. The van der Waals surface area contributed by atoms with Crippen LogP contribution in [0.5, 0.6) is 0 Å². The van der Waals surface area contributed by atoms with Gasteiger partial charge in [-0.15, -0.1) is 0 Å². The molecule has 1 fully saturated rings. The Balaban J connectivity index is 1.74. The molecule has 3 heterocycles. The van der Waals surface area contributed by atoms with Crippen molar-refractivity contribution in [1.29, 1.82) is 0 Å². The summed E-state index contributed by atoms with van der Waals surface area (Å²) in [7, 11) is -7.26. The zero-order valence-electron chi connectivity index (χ0n) is 15.4. The van der Waals surface area contributed by atoms with Gasteiger partial charge in [-0.25, -0.2) is 25.9 Å². The molecule has 1 atom stereocenters. The lowest BCUT2D eigenvalue weighted by atomic mass is 10.2. The fraction of sp³-hybridized carbons (Fsp3) is 0.278. The Morgan fingerprint density at radius 1 is 1.28 bits per heavy atom. The van der Waals surface area contributed by atoms with Gasteiger partial charge in [0, 0.05) is 6.07 Å². The van der Waals surface area contributed by atoms with Crippen LogP contribution >= 0.6 is 0 Å². The molecule has 8 nitrogen and oxygen atoms in total. The molecule has 2 aromatic heterocycles. The van der Waals surface area contributed by atoms with E-state index >= 15 is 0 Å². The van der Waals surface area contributed by atoms with Crippen LogP contribution in [0.2, 0.25) is 0 Å². The molecule has 29 heavy (non-hydrogen) atoms. The van der Waals surface area contributed by atoms with Gasteiger partial charge in [-0.3, -0.25) is 4.72 Å². The molecule has 11 heteroatoms. The lowest BCUT2D eigenvalue weighted by molar-refractivity contribution is 0.504. The van der Waals surface area contributed by atoms with Crippen LogP contribution in [0.3, 0.4) is 0 Å². The highest BCUT2D eigenvalue weighted by Gasteiger charge is 2.32. The number of anilines is 1. The third-order valence-corrected chi connectivity index (χ3v) is 7.85. The van der Waals surface area contributed by atoms with Crippen molar-refractivity contribution in [2.45, 2.75) is 24.3 Å². The molecule has 1 aliphatic rings. The van der Waals surface area contributed by atoms with Gasteiger partial charge >= 0.3 is 0 Å². The first-order valence-electron chi connectivity index (χ1n) is 8.77. The number of nitrogens with zero attached hydrogens (tertiary/aromatic N) is 2. The number of rotatable bonds is 5. The summed E-state index contributed by atoms with van der Waals surface area (Å²) >= 11 is 0. The van der Waals surface area contributed by atoms with Gasteiger partial charge in [0.05, 0.1) is 28.7 Å². The van der Waals surface area contributed by atoms with E-state index in [1.54, 1.807) is 12.1 Å². The highest BCUT2D eigenvalue weighted by atomic mass is 32.2. The van der Waals surface area contributed by atoms with Gasteiger partial charge in [-0.05, 0) is 49.2 Å². The van der Waals surface area contributed by atoms with Crippen molar-refractivity contribution in [2.75, 3.05) is 16.2 Å². The van der Waals surface area contributed by atoms with Gasteiger partial charge in [0.15, 0.2) is 15.6 Å². The van der Waals surface area contributed by atoms with E-state index in [4.69, 9.17) is 4.42 Å². The minimum Gasteiger partial charge on any atom is -0.463 e. The first-order chi connectivity index (χ1) is 13.6. The molecule has 0 spiro atoms. The van der Waals surface area contributed by atoms with Crippen LogP contribution in [-0.2, 0) is 19.9 Å². The van der Waals surface area contributed by atoms with Gasteiger partial charge in [0.1, 0.15) is 17.3 Å². The summed E-state index contributed by atoms with van der Waals surface area (Å²) in [5.74, 6) is -0.0958. The summed E-state index contributed by atoms with van der Waals surface area (Å²) in [6.45, 7) is 1.47. The lowest BCUT2D eigenvalue weighted by Gasteiger charge is -2.15. The summed E-state index contributed by atoms with van der Waals surface area (Å²) in [4.78, 5) is -0.109. The number of nitrogens with one attached hydrogen (secondary N) is 1. The number of sulfonamides is 1. The van der Waals surface area contributed by atoms with Crippen LogP contribution in [0.15, 0.2) is 52.0 Å². The number of aromatic nitrogens is 2. The lowest BCUT2D eigenvalue weighted by Crippen LogP contribution is -2.20. The number of furan rings is 1. The van der Waals surface area contributed by atoms with E-state index in [9.17, 15) is 21.2 Å². The van der Waals surface area contributed by atoms with Crippen molar-refractivity contribution in [2.24, 2.45) is 0 Å². The van der Waals surface area contributed by atoms with Crippen LogP contribution in [-0.4, -0.2) is 38.1 Å². The Morgan fingerprint density at radius 2 is 2.07 bits per heavy atom. The molecular weight excluding hydrogens is 421 g/mol. The van der Waals surface area contributed by atoms with Crippen LogP contribution in [0, 0.1) is 12.7 Å². The van der Waals surface area contributed by atoms with Gasteiger partial charge in [0.2, 0.25) is 0 Å². The van der Waals surface area contributed by atoms with Crippen LogP contribution in [0.25, 0.3) is 11.5 Å². The Bertz CT molecular complexity index is 1260. The highest BCUT2D eigenvalue weighted by molar-refractivity contribution is 7.92. The average molecular weight is 439 g/mol. The maximum absolute atomic E-state index is 13.5. The first-order valence-corrected chi connectivity index (χ1v) is 12.1. The van der Waals surface area contributed by atoms with Crippen molar-refractivity contribution in [3.8, 4) is 11.5 Å². The van der Waals surface area contributed by atoms with Crippen molar-refractivity contribution >= 4 is 25.7 Å².